The Kier molecular flexibility index (Phi) is 2.98. The van der Waals surface area contributed by atoms with Gasteiger partial charge in [0.15, 0.2) is 0 Å². The molecule has 0 fully saturated rings. The molecule has 1 heteroatoms. The Labute approximate surface area is 120 Å². The maximum atomic E-state index is 6.00. The quantitative estimate of drug-likeness (QED) is 0.745. The van der Waals surface area contributed by atoms with Gasteiger partial charge in [-0.3, -0.25) is 0 Å². The summed E-state index contributed by atoms with van der Waals surface area (Å²) in [7, 11) is 0. The van der Waals surface area contributed by atoms with E-state index in [2.05, 4.69) is 50.8 Å². The van der Waals surface area contributed by atoms with Crippen LogP contribution in [0.4, 0.5) is 5.69 Å². The lowest BCUT2D eigenvalue weighted by molar-refractivity contribution is 1.19. The first-order valence-corrected chi connectivity index (χ1v) is 6.91. The second-order valence-electron chi connectivity index (χ2n) is 5.50. The fourth-order valence-electron chi connectivity index (χ4n) is 3.11. The van der Waals surface area contributed by atoms with Gasteiger partial charge in [0.2, 0.25) is 0 Å². The van der Waals surface area contributed by atoms with Crippen molar-refractivity contribution < 1.29 is 0 Å². The average Bonchev–Trinajstić information content (AvgIpc) is 2.43. The zero-order valence-electron chi connectivity index (χ0n) is 12.0. The standard InChI is InChI=1S/C19H19N/c1-12-9-17(20)10-16-11-18(13(2)14(3)19(12)16)15-7-5-4-6-8-15/h4-10H,3,11,20H2,1-2H3. The lowest BCUT2D eigenvalue weighted by Gasteiger charge is -2.25. The van der Waals surface area contributed by atoms with Gasteiger partial charge in [-0.2, -0.15) is 0 Å². The van der Waals surface area contributed by atoms with Crippen LogP contribution < -0.4 is 5.73 Å². The molecule has 2 aromatic rings. The van der Waals surface area contributed by atoms with Crippen LogP contribution in [0, 0.1) is 6.92 Å². The van der Waals surface area contributed by atoms with Crippen molar-refractivity contribution in [3.8, 4) is 0 Å². The van der Waals surface area contributed by atoms with Crippen LogP contribution >= 0.6 is 0 Å². The Morgan fingerprint density at radius 2 is 1.75 bits per heavy atom. The number of anilines is 1. The second kappa shape index (κ2) is 4.68. The third kappa shape index (κ3) is 1.96. The van der Waals surface area contributed by atoms with E-state index in [1.165, 1.54) is 33.4 Å². The highest BCUT2D eigenvalue weighted by molar-refractivity contribution is 5.94. The van der Waals surface area contributed by atoms with Crippen LogP contribution in [0.25, 0.3) is 11.1 Å². The number of nitrogen functional groups attached to an aromatic ring is 1. The van der Waals surface area contributed by atoms with Crippen molar-refractivity contribution in [3.05, 3.63) is 76.9 Å². The van der Waals surface area contributed by atoms with Crippen molar-refractivity contribution in [2.45, 2.75) is 20.3 Å². The molecule has 1 nitrogen and oxygen atoms in total. The third-order valence-corrected chi connectivity index (χ3v) is 4.14. The minimum atomic E-state index is 0.834. The average molecular weight is 261 g/mol. The second-order valence-corrected chi connectivity index (χ2v) is 5.50. The van der Waals surface area contributed by atoms with Crippen molar-refractivity contribution in [2.75, 3.05) is 5.73 Å². The molecule has 0 bridgehead atoms. The van der Waals surface area contributed by atoms with Gasteiger partial charge in [0.25, 0.3) is 0 Å². The molecule has 0 unspecified atom stereocenters. The monoisotopic (exact) mass is 261 g/mol. The van der Waals surface area contributed by atoms with Crippen LogP contribution in [0.1, 0.15) is 29.2 Å². The van der Waals surface area contributed by atoms with E-state index < -0.39 is 0 Å². The number of nitrogens with two attached hydrogens (primary N) is 1. The zero-order chi connectivity index (χ0) is 14.3. The van der Waals surface area contributed by atoms with E-state index in [1.54, 1.807) is 0 Å². The first-order valence-electron chi connectivity index (χ1n) is 6.91. The predicted molar refractivity (Wildman–Crippen MR) is 87.4 cm³/mol. The normalized spacial score (nSPS) is 14.4. The highest BCUT2D eigenvalue weighted by Gasteiger charge is 2.21. The maximum Gasteiger partial charge on any atom is 0.0319 e. The van der Waals surface area contributed by atoms with E-state index in [9.17, 15) is 0 Å². The molecule has 2 N–H and O–H groups in total. The van der Waals surface area contributed by atoms with Crippen LogP contribution in [-0.4, -0.2) is 0 Å². The summed E-state index contributed by atoms with van der Waals surface area (Å²) in [5, 5.41) is 0. The highest BCUT2D eigenvalue weighted by atomic mass is 14.5. The van der Waals surface area contributed by atoms with E-state index in [0.717, 1.165) is 17.7 Å². The topological polar surface area (TPSA) is 26.0 Å². The number of benzene rings is 2. The molecule has 0 aromatic heterocycles. The first-order chi connectivity index (χ1) is 9.58. The SMILES string of the molecule is C=C1C(C)=C(c2ccccc2)Cc2cc(N)cc(C)c21. The smallest absolute Gasteiger partial charge is 0.0319 e. The molecule has 3 rings (SSSR count). The van der Waals surface area contributed by atoms with E-state index in [1.807, 2.05) is 12.1 Å². The van der Waals surface area contributed by atoms with Gasteiger partial charge in [-0.05, 0) is 71.4 Å². The Morgan fingerprint density at radius 1 is 1.05 bits per heavy atom. The van der Waals surface area contributed by atoms with E-state index >= 15 is 0 Å². The number of hydrogen-bond donors (Lipinski definition) is 1. The lowest BCUT2D eigenvalue weighted by atomic mass is 9.79. The molecule has 0 heterocycles. The molecule has 2 aromatic carbocycles. The van der Waals surface area contributed by atoms with Gasteiger partial charge < -0.3 is 5.73 Å². The van der Waals surface area contributed by atoms with Crippen molar-refractivity contribution in [2.24, 2.45) is 0 Å². The van der Waals surface area contributed by atoms with Gasteiger partial charge in [-0.1, -0.05) is 36.9 Å². The molecule has 20 heavy (non-hydrogen) atoms. The van der Waals surface area contributed by atoms with Crippen LogP contribution in [0.2, 0.25) is 0 Å². The van der Waals surface area contributed by atoms with Crippen molar-refractivity contribution in [3.63, 3.8) is 0 Å². The summed E-state index contributed by atoms with van der Waals surface area (Å²) >= 11 is 0. The van der Waals surface area contributed by atoms with Crippen molar-refractivity contribution in [1.29, 1.82) is 0 Å². The van der Waals surface area contributed by atoms with Gasteiger partial charge in [0, 0.05) is 5.69 Å². The third-order valence-electron chi connectivity index (χ3n) is 4.14. The number of fused-ring (bicyclic) bond motifs is 1. The summed E-state index contributed by atoms with van der Waals surface area (Å²) in [6, 6.07) is 14.7. The van der Waals surface area contributed by atoms with Crippen molar-refractivity contribution in [1.82, 2.24) is 0 Å². The molecule has 0 saturated carbocycles. The van der Waals surface area contributed by atoms with E-state index in [0.29, 0.717) is 0 Å². The Morgan fingerprint density at radius 3 is 2.45 bits per heavy atom. The van der Waals surface area contributed by atoms with Gasteiger partial charge >= 0.3 is 0 Å². The summed E-state index contributed by atoms with van der Waals surface area (Å²) in [5.74, 6) is 0. The van der Waals surface area contributed by atoms with Gasteiger partial charge in [0.05, 0.1) is 0 Å². The van der Waals surface area contributed by atoms with Crippen LogP contribution in [0.15, 0.2) is 54.6 Å². The van der Waals surface area contributed by atoms with E-state index in [4.69, 9.17) is 5.73 Å². The largest absolute Gasteiger partial charge is 0.399 e. The lowest BCUT2D eigenvalue weighted by Crippen LogP contribution is -2.08. The molecule has 0 aliphatic heterocycles. The number of aryl methyl sites for hydroxylation is 1. The number of hydrogen-bond acceptors (Lipinski definition) is 1. The summed E-state index contributed by atoms with van der Waals surface area (Å²) in [5.41, 5.74) is 15.7. The summed E-state index contributed by atoms with van der Waals surface area (Å²) < 4.78 is 0. The Hall–Kier alpha value is -2.28. The highest BCUT2D eigenvalue weighted by Crippen LogP contribution is 2.40. The Balaban J connectivity index is 2.18. The molecule has 1 aliphatic rings. The van der Waals surface area contributed by atoms with Gasteiger partial charge in [-0.15, -0.1) is 0 Å². The summed E-state index contributed by atoms with van der Waals surface area (Å²) in [6.07, 6.45) is 0.927. The number of allylic oxidation sites excluding steroid dienone is 3. The summed E-state index contributed by atoms with van der Waals surface area (Å²) in [6.45, 7) is 8.59. The zero-order valence-corrected chi connectivity index (χ0v) is 12.0. The molecule has 0 amide bonds. The number of rotatable bonds is 1. The minimum absolute atomic E-state index is 0.834. The molecular weight excluding hydrogens is 242 g/mol. The van der Waals surface area contributed by atoms with Crippen molar-refractivity contribution >= 4 is 16.8 Å². The fourth-order valence-corrected chi connectivity index (χ4v) is 3.11. The van der Waals surface area contributed by atoms with Gasteiger partial charge in [0.1, 0.15) is 0 Å². The predicted octanol–water partition coefficient (Wildman–Crippen LogP) is 4.62. The summed E-state index contributed by atoms with van der Waals surface area (Å²) in [4.78, 5) is 0. The van der Waals surface area contributed by atoms with Crippen LogP contribution in [0.3, 0.4) is 0 Å². The molecule has 1 aliphatic carbocycles. The Bertz CT molecular complexity index is 721. The minimum Gasteiger partial charge on any atom is -0.399 e. The maximum absolute atomic E-state index is 6.00. The molecule has 100 valence electrons. The molecule has 0 spiro atoms. The van der Waals surface area contributed by atoms with Crippen LogP contribution in [0.5, 0.6) is 0 Å². The fraction of sp³-hybridized carbons (Fsp3) is 0.158. The molecule has 0 saturated heterocycles. The molecule has 0 radical (unpaired) electrons. The molecular formula is C19H19N. The molecule has 0 atom stereocenters. The van der Waals surface area contributed by atoms with Gasteiger partial charge in [-0.25, -0.2) is 0 Å². The van der Waals surface area contributed by atoms with Crippen LogP contribution in [-0.2, 0) is 6.42 Å². The first kappa shape index (κ1) is 12.7. The van der Waals surface area contributed by atoms with E-state index in [-0.39, 0.29) is 0 Å².